The fourth-order valence-electron chi connectivity index (χ4n) is 2.62. The van der Waals surface area contributed by atoms with Gasteiger partial charge in [0, 0.05) is 11.0 Å². The molecule has 1 amide bonds. The summed E-state index contributed by atoms with van der Waals surface area (Å²) < 4.78 is 31.4. The topological polar surface area (TPSA) is 98.5 Å². The fourth-order valence-corrected chi connectivity index (χ4v) is 3.35. The van der Waals surface area contributed by atoms with Gasteiger partial charge in [-0.15, -0.1) is 11.8 Å². The van der Waals surface area contributed by atoms with Crippen molar-refractivity contribution in [2.75, 3.05) is 5.75 Å². The van der Waals surface area contributed by atoms with E-state index in [-0.39, 0.29) is 29.5 Å². The molecule has 2 aromatic rings. The lowest BCUT2D eigenvalue weighted by Crippen LogP contribution is -2.32. The van der Waals surface area contributed by atoms with Crippen LogP contribution in [0.25, 0.3) is 0 Å². The van der Waals surface area contributed by atoms with Crippen molar-refractivity contribution in [3.63, 3.8) is 0 Å². The van der Waals surface area contributed by atoms with E-state index < -0.39 is 34.5 Å². The summed E-state index contributed by atoms with van der Waals surface area (Å²) in [6.07, 6.45) is -0.687. The maximum Gasteiger partial charge on any atom is 0.308 e. The number of benzene rings is 2. The SMILES string of the molecule is CC(C)OC(=O)CC(NC(=O)CSc1ccc(F)c(F)c1)c1ccccc1[N+](=O)[O-]. The number of nitrogens with one attached hydrogen (secondary N) is 1. The second kappa shape index (κ2) is 10.7. The minimum atomic E-state index is -1.03. The maximum atomic E-state index is 13.3. The summed E-state index contributed by atoms with van der Waals surface area (Å²) in [6, 6.07) is 8.02. The van der Waals surface area contributed by atoms with Gasteiger partial charge in [0.15, 0.2) is 11.6 Å². The molecule has 0 heterocycles. The van der Waals surface area contributed by atoms with Gasteiger partial charge in [-0.1, -0.05) is 18.2 Å². The number of nitrogens with zero attached hydrogens (tertiary/aromatic N) is 1. The molecule has 30 heavy (non-hydrogen) atoms. The van der Waals surface area contributed by atoms with Crippen LogP contribution in [-0.2, 0) is 14.3 Å². The quantitative estimate of drug-likeness (QED) is 0.273. The Hall–Kier alpha value is -3.01. The van der Waals surface area contributed by atoms with Crippen molar-refractivity contribution in [1.82, 2.24) is 5.32 Å². The minimum absolute atomic E-state index is 0.161. The van der Waals surface area contributed by atoms with Crippen LogP contribution in [0.5, 0.6) is 0 Å². The Morgan fingerprint density at radius 1 is 1.17 bits per heavy atom. The zero-order valence-electron chi connectivity index (χ0n) is 16.3. The van der Waals surface area contributed by atoms with Crippen molar-refractivity contribution in [3.05, 3.63) is 69.8 Å². The molecule has 1 atom stereocenters. The van der Waals surface area contributed by atoms with Crippen molar-refractivity contribution in [2.45, 2.75) is 37.3 Å². The predicted molar refractivity (Wildman–Crippen MR) is 107 cm³/mol. The van der Waals surface area contributed by atoms with Gasteiger partial charge in [0.2, 0.25) is 5.91 Å². The lowest BCUT2D eigenvalue weighted by atomic mass is 10.0. The van der Waals surface area contributed by atoms with Crippen LogP contribution in [0.2, 0.25) is 0 Å². The molecule has 0 radical (unpaired) electrons. The summed E-state index contributed by atoms with van der Waals surface area (Å²) >= 11 is 0.960. The molecule has 1 N–H and O–H groups in total. The molecule has 0 saturated carbocycles. The van der Waals surface area contributed by atoms with Crippen molar-refractivity contribution >= 4 is 29.3 Å². The number of hydrogen-bond donors (Lipinski definition) is 1. The Labute approximate surface area is 176 Å². The second-order valence-electron chi connectivity index (χ2n) is 6.54. The van der Waals surface area contributed by atoms with Crippen LogP contribution in [0.1, 0.15) is 31.9 Å². The molecule has 1 unspecified atom stereocenters. The highest BCUT2D eigenvalue weighted by molar-refractivity contribution is 8.00. The highest BCUT2D eigenvalue weighted by atomic mass is 32.2. The van der Waals surface area contributed by atoms with Crippen LogP contribution in [-0.4, -0.2) is 28.7 Å². The number of para-hydroxylation sites is 1. The number of carbonyl (C=O) groups is 2. The van der Waals surface area contributed by atoms with Crippen LogP contribution in [0.3, 0.4) is 0 Å². The standard InChI is InChI=1S/C20H20F2N2O5S/c1-12(2)29-20(26)10-17(14-5-3-4-6-18(14)24(27)28)23-19(25)11-30-13-7-8-15(21)16(22)9-13/h3-9,12,17H,10-11H2,1-2H3,(H,23,25). The molecule has 160 valence electrons. The largest absolute Gasteiger partial charge is 0.463 e. The van der Waals surface area contributed by atoms with E-state index in [9.17, 15) is 28.5 Å². The van der Waals surface area contributed by atoms with Gasteiger partial charge >= 0.3 is 5.97 Å². The van der Waals surface area contributed by atoms with E-state index in [2.05, 4.69) is 5.32 Å². The highest BCUT2D eigenvalue weighted by Crippen LogP contribution is 2.28. The monoisotopic (exact) mass is 438 g/mol. The van der Waals surface area contributed by atoms with E-state index >= 15 is 0 Å². The van der Waals surface area contributed by atoms with E-state index in [0.717, 1.165) is 23.9 Å². The zero-order chi connectivity index (χ0) is 22.3. The van der Waals surface area contributed by atoms with Gasteiger partial charge in [0.05, 0.1) is 34.8 Å². The molecule has 0 bridgehead atoms. The number of nitro groups is 1. The van der Waals surface area contributed by atoms with Gasteiger partial charge in [0.25, 0.3) is 5.69 Å². The first-order valence-electron chi connectivity index (χ1n) is 8.97. The van der Waals surface area contributed by atoms with Crippen LogP contribution >= 0.6 is 11.8 Å². The van der Waals surface area contributed by atoms with Gasteiger partial charge in [0.1, 0.15) is 0 Å². The average molecular weight is 438 g/mol. The van der Waals surface area contributed by atoms with Gasteiger partial charge < -0.3 is 10.1 Å². The molecule has 0 aliphatic heterocycles. The molecular weight excluding hydrogens is 418 g/mol. The molecule has 0 aliphatic rings. The number of esters is 1. The van der Waals surface area contributed by atoms with E-state index in [1.165, 1.54) is 24.3 Å². The van der Waals surface area contributed by atoms with Crippen molar-refractivity contribution < 1.29 is 28.0 Å². The van der Waals surface area contributed by atoms with E-state index in [4.69, 9.17) is 4.74 Å². The Balaban J connectivity index is 2.15. The molecule has 0 aliphatic carbocycles. The van der Waals surface area contributed by atoms with E-state index in [1.54, 1.807) is 19.9 Å². The number of amides is 1. The number of carbonyl (C=O) groups excluding carboxylic acids is 2. The fraction of sp³-hybridized carbons (Fsp3) is 0.300. The third kappa shape index (κ3) is 6.80. The smallest absolute Gasteiger partial charge is 0.308 e. The molecule has 10 heteroatoms. The summed E-state index contributed by atoms with van der Waals surface area (Å²) in [5.74, 6) is -3.35. The molecule has 7 nitrogen and oxygen atoms in total. The summed E-state index contributed by atoms with van der Waals surface area (Å²) in [4.78, 5) is 35.6. The van der Waals surface area contributed by atoms with Gasteiger partial charge in [-0.3, -0.25) is 19.7 Å². The Morgan fingerprint density at radius 2 is 1.87 bits per heavy atom. The number of thioether (sulfide) groups is 1. The molecule has 0 aromatic heterocycles. The summed E-state index contributed by atoms with van der Waals surface area (Å²) in [6.45, 7) is 3.32. The third-order valence-electron chi connectivity index (χ3n) is 3.84. The first-order valence-corrected chi connectivity index (χ1v) is 9.96. The highest BCUT2D eigenvalue weighted by Gasteiger charge is 2.26. The summed E-state index contributed by atoms with van der Waals surface area (Å²) in [7, 11) is 0. The Bertz CT molecular complexity index is 939. The lowest BCUT2D eigenvalue weighted by molar-refractivity contribution is -0.385. The molecule has 0 saturated heterocycles. The lowest BCUT2D eigenvalue weighted by Gasteiger charge is -2.19. The summed E-state index contributed by atoms with van der Waals surface area (Å²) in [5, 5.41) is 13.9. The van der Waals surface area contributed by atoms with Crippen LogP contribution in [0, 0.1) is 21.7 Å². The molecule has 0 spiro atoms. The first kappa shape index (κ1) is 23.3. The van der Waals surface area contributed by atoms with E-state index in [1.807, 2.05) is 0 Å². The number of halogens is 2. The molecule has 2 rings (SSSR count). The number of ether oxygens (including phenoxy) is 1. The number of rotatable bonds is 9. The molecule has 0 fully saturated rings. The third-order valence-corrected chi connectivity index (χ3v) is 4.84. The summed E-state index contributed by atoms with van der Waals surface area (Å²) in [5.41, 5.74) is -0.0808. The first-order chi connectivity index (χ1) is 14.2. The van der Waals surface area contributed by atoms with Crippen LogP contribution in [0.4, 0.5) is 14.5 Å². The second-order valence-corrected chi connectivity index (χ2v) is 7.59. The normalized spacial score (nSPS) is 11.8. The van der Waals surface area contributed by atoms with E-state index in [0.29, 0.717) is 4.90 Å². The minimum Gasteiger partial charge on any atom is -0.463 e. The zero-order valence-corrected chi connectivity index (χ0v) is 17.1. The van der Waals surface area contributed by atoms with Crippen LogP contribution < -0.4 is 5.32 Å². The van der Waals surface area contributed by atoms with Gasteiger partial charge in [-0.2, -0.15) is 0 Å². The van der Waals surface area contributed by atoms with Crippen LogP contribution in [0.15, 0.2) is 47.4 Å². The van der Waals surface area contributed by atoms with Crippen molar-refractivity contribution in [2.24, 2.45) is 0 Å². The Kier molecular flexibility index (Phi) is 8.28. The maximum absolute atomic E-state index is 13.3. The molecular formula is C20H20F2N2O5S. The van der Waals surface area contributed by atoms with Crippen molar-refractivity contribution in [3.8, 4) is 0 Å². The number of nitro benzene ring substituents is 1. The van der Waals surface area contributed by atoms with Gasteiger partial charge in [-0.25, -0.2) is 8.78 Å². The molecule has 2 aromatic carbocycles. The van der Waals surface area contributed by atoms with Crippen molar-refractivity contribution in [1.29, 1.82) is 0 Å². The average Bonchev–Trinajstić information content (AvgIpc) is 2.67. The number of hydrogen-bond acceptors (Lipinski definition) is 6. The van der Waals surface area contributed by atoms with Gasteiger partial charge in [-0.05, 0) is 32.0 Å². The predicted octanol–water partition coefficient (Wildman–Crippen LogP) is 4.16. The Morgan fingerprint density at radius 3 is 2.50 bits per heavy atom.